The molecule has 4 aromatic rings. The highest BCUT2D eigenvalue weighted by Crippen LogP contribution is 2.23. The molecule has 6 nitrogen and oxygen atoms in total. The van der Waals surface area contributed by atoms with Crippen molar-refractivity contribution in [3.8, 4) is 23.0 Å². The number of hydrogen-bond acceptors (Lipinski definition) is 4. The molecule has 0 fully saturated rings. The Morgan fingerprint density at radius 1 is 1.10 bits per heavy atom. The molecular weight excluding hydrogens is 383 g/mol. The van der Waals surface area contributed by atoms with Gasteiger partial charge in [0, 0.05) is 17.4 Å². The molecule has 0 aliphatic rings. The summed E-state index contributed by atoms with van der Waals surface area (Å²) in [6, 6.07) is 17.3. The van der Waals surface area contributed by atoms with Crippen molar-refractivity contribution >= 4 is 11.6 Å². The van der Waals surface area contributed by atoms with Gasteiger partial charge in [-0.05, 0) is 60.0 Å². The number of halogens is 1. The van der Waals surface area contributed by atoms with E-state index in [1.54, 1.807) is 29.0 Å². The molecule has 0 unspecified atom stereocenters. The molecule has 1 amide bonds. The van der Waals surface area contributed by atoms with Crippen molar-refractivity contribution in [3.63, 3.8) is 0 Å². The van der Waals surface area contributed by atoms with Crippen LogP contribution >= 0.6 is 0 Å². The van der Waals surface area contributed by atoms with E-state index < -0.39 is 0 Å². The molecule has 4 rings (SSSR count). The molecule has 0 radical (unpaired) electrons. The summed E-state index contributed by atoms with van der Waals surface area (Å²) in [6.45, 7) is 4.35. The standard InChI is InChI=1S/C23H21FN4O2/c1-15(2)16-7-11-19(12-8-16)25-21(29)14-28-13-3-4-20(28)23-26-22(27-30-23)17-5-9-18(24)10-6-17/h3-13,15H,14H2,1-2H3,(H,25,29). The van der Waals surface area contributed by atoms with Gasteiger partial charge in [0.05, 0.1) is 0 Å². The van der Waals surface area contributed by atoms with Crippen LogP contribution in [0, 0.1) is 5.82 Å². The summed E-state index contributed by atoms with van der Waals surface area (Å²) in [5.74, 6) is 0.580. The topological polar surface area (TPSA) is 73.0 Å². The third-order valence-corrected chi connectivity index (χ3v) is 4.75. The second kappa shape index (κ2) is 8.32. The van der Waals surface area contributed by atoms with Crippen LogP contribution in [0.25, 0.3) is 23.0 Å². The first kappa shape index (κ1) is 19.6. The van der Waals surface area contributed by atoms with Crippen molar-refractivity contribution in [2.75, 3.05) is 5.32 Å². The van der Waals surface area contributed by atoms with Crippen LogP contribution < -0.4 is 5.32 Å². The molecule has 0 atom stereocenters. The van der Waals surface area contributed by atoms with E-state index in [0.717, 1.165) is 5.69 Å². The monoisotopic (exact) mass is 404 g/mol. The molecule has 0 spiro atoms. The number of aromatic nitrogens is 3. The lowest BCUT2D eigenvalue weighted by Crippen LogP contribution is -2.18. The highest BCUT2D eigenvalue weighted by atomic mass is 19.1. The lowest BCUT2D eigenvalue weighted by molar-refractivity contribution is -0.116. The first-order chi connectivity index (χ1) is 14.5. The van der Waals surface area contributed by atoms with Gasteiger partial charge in [0.25, 0.3) is 5.89 Å². The van der Waals surface area contributed by atoms with E-state index in [-0.39, 0.29) is 24.2 Å². The van der Waals surface area contributed by atoms with Gasteiger partial charge in [-0.2, -0.15) is 4.98 Å². The number of rotatable bonds is 6. The van der Waals surface area contributed by atoms with Gasteiger partial charge >= 0.3 is 0 Å². The maximum absolute atomic E-state index is 13.1. The maximum Gasteiger partial charge on any atom is 0.274 e. The number of anilines is 1. The number of nitrogens with one attached hydrogen (secondary N) is 1. The van der Waals surface area contributed by atoms with Crippen molar-refractivity contribution in [3.05, 3.63) is 78.2 Å². The number of carbonyl (C=O) groups excluding carboxylic acids is 1. The van der Waals surface area contributed by atoms with E-state index in [2.05, 4.69) is 29.3 Å². The number of amides is 1. The van der Waals surface area contributed by atoms with Crippen LogP contribution in [0.1, 0.15) is 25.3 Å². The molecule has 1 N–H and O–H groups in total. The van der Waals surface area contributed by atoms with E-state index >= 15 is 0 Å². The fourth-order valence-electron chi connectivity index (χ4n) is 3.10. The molecule has 0 saturated heterocycles. The minimum Gasteiger partial charge on any atom is -0.334 e. The van der Waals surface area contributed by atoms with Crippen LogP contribution in [-0.4, -0.2) is 20.6 Å². The zero-order chi connectivity index (χ0) is 21.1. The minimum atomic E-state index is -0.332. The van der Waals surface area contributed by atoms with Crippen molar-refractivity contribution in [1.82, 2.24) is 14.7 Å². The normalized spacial score (nSPS) is 11.1. The van der Waals surface area contributed by atoms with Gasteiger partial charge in [-0.3, -0.25) is 4.79 Å². The van der Waals surface area contributed by atoms with Crippen LogP contribution in [0.15, 0.2) is 71.4 Å². The smallest absolute Gasteiger partial charge is 0.274 e. The Balaban J connectivity index is 1.47. The Hall–Kier alpha value is -3.74. The SMILES string of the molecule is CC(C)c1ccc(NC(=O)Cn2cccc2-c2nc(-c3ccc(F)cc3)no2)cc1. The largest absolute Gasteiger partial charge is 0.334 e. The summed E-state index contributed by atoms with van der Waals surface area (Å²) in [7, 11) is 0. The van der Waals surface area contributed by atoms with Gasteiger partial charge in [0.2, 0.25) is 11.7 Å². The zero-order valence-electron chi connectivity index (χ0n) is 16.7. The van der Waals surface area contributed by atoms with Gasteiger partial charge in [-0.15, -0.1) is 0 Å². The molecule has 30 heavy (non-hydrogen) atoms. The van der Waals surface area contributed by atoms with Crippen molar-refractivity contribution in [1.29, 1.82) is 0 Å². The molecular formula is C23H21FN4O2. The van der Waals surface area contributed by atoms with E-state index in [4.69, 9.17) is 4.52 Å². The quantitative estimate of drug-likeness (QED) is 0.485. The Kier molecular flexibility index (Phi) is 5.43. The van der Waals surface area contributed by atoms with Gasteiger partial charge in [0.15, 0.2) is 0 Å². The Bertz CT molecular complexity index is 1140. The number of benzene rings is 2. The first-order valence-electron chi connectivity index (χ1n) is 9.64. The van der Waals surface area contributed by atoms with Crippen molar-refractivity contribution in [2.45, 2.75) is 26.3 Å². The van der Waals surface area contributed by atoms with Crippen LogP contribution in [0.3, 0.4) is 0 Å². The lowest BCUT2D eigenvalue weighted by Gasteiger charge is -2.10. The summed E-state index contributed by atoms with van der Waals surface area (Å²) in [5, 5.41) is 6.86. The molecule has 152 valence electrons. The molecule has 7 heteroatoms. The second-order valence-electron chi connectivity index (χ2n) is 7.28. The summed E-state index contributed by atoms with van der Waals surface area (Å²) >= 11 is 0. The number of nitrogens with zero attached hydrogens (tertiary/aromatic N) is 3. The highest BCUT2D eigenvalue weighted by molar-refractivity contribution is 5.90. The molecule has 0 aliphatic heterocycles. The first-order valence-corrected chi connectivity index (χ1v) is 9.64. The van der Waals surface area contributed by atoms with Gasteiger partial charge < -0.3 is 14.4 Å². The molecule has 0 saturated carbocycles. The van der Waals surface area contributed by atoms with Crippen molar-refractivity contribution in [2.24, 2.45) is 0 Å². The third-order valence-electron chi connectivity index (χ3n) is 4.75. The second-order valence-corrected chi connectivity index (χ2v) is 7.28. The van der Waals surface area contributed by atoms with Gasteiger partial charge in [0.1, 0.15) is 18.1 Å². The van der Waals surface area contributed by atoms with E-state index in [0.29, 0.717) is 23.0 Å². The van der Waals surface area contributed by atoms with Crippen LogP contribution in [0.4, 0.5) is 10.1 Å². The third kappa shape index (κ3) is 4.30. The molecule has 2 heterocycles. The molecule has 0 aliphatic carbocycles. The summed E-state index contributed by atoms with van der Waals surface area (Å²) < 4.78 is 20.2. The Morgan fingerprint density at radius 3 is 2.53 bits per heavy atom. The fourth-order valence-corrected chi connectivity index (χ4v) is 3.10. The Morgan fingerprint density at radius 2 is 1.83 bits per heavy atom. The zero-order valence-corrected chi connectivity index (χ0v) is 16.7. The predicted molar refractivity (Wildman–Crippen MR) is 112 cm³/mol. The Labute approximate surface area is 173 Å². The maximum atomic E-state index is 13.1. The lowest BCUT2D eigenvalue weighted by atomic mass is 10.0. The van der Waals surface area contributed by atoms with Gasteiger partial charge in [-0.25, -0.2) is 4.39 Å². The summed E-state index contributed by atoms with van der Waals surface area (Å²) in [4.78, 5) is 16.9. The van der Waals surface area contributed by atoms with Crippen LogP contribution in [-0.2, 0) is 11.3 Å². The minimum absolute atomic E-state index is 0.0997. The van der Waals surface area contributed by atoms with Crippen molar-refractivity contribution < 1.29 is 13.7 Å². The molecule has 2 aromatic heterocycles. The summed E-state index contributed by atoms with van der Waals surface area (Å²) in [6.07, 6.45) is 1.78. The fraction of sp³-hybridized carbons (Fsp3) is 0.174. The van der Waals surface area contributed by atoms with E-state index in [1.807, 2.05) is 30.3 Å². The molecule has 2 aromatic carbocycles. The summed E-state index contributed by atoms with van der Waals surface area (Å²) in [5.41, 5.74) is 3.23. The van der Waals surface area contributed by atoms with Gasteiger partial charge in [-0.1, -0.05) is 31.1 Å². The predicted octanol–water partition coefficient (Wildman–Crippen LogP) is 5.11. The average molecular weight is 404 g/mol. The van der Waals surface area contributed by atoms with Crippen LogP contribution in [0.5, 0.6) is 0 Å². The number of carbonyl (C=O) groups is 1. The average Bonchev–Trinajstić information content (AvgIpc) is 3.38. The van der Waals surface area contributed by atoms with E-state index in [9.17, 15) is 9.18 Å². The molecule has 0 bridgehead atoms. The van der Waals surface area contributed by atoms with Crippen LogP contribution in [0.2, 0.25) is 0 Å². The van der Waals surface area contributed by atoms with E-state index in [1.165, 1.54) is 17.7 Å². The number of hydrogen-bond donors (Lipinski definition) is 1. The highest BCUT2D eigenvalue weighted by Gasteiger charge is 2.15.